The van der Waals surface area contributed by atoms with Gasteiger partial charge in [0.15, 0.2) is 0 Å². The minimum atomic E-state index is 0.370. The summed E-state index contributed by atoms with van der Waals surface area (Å²) in [5.41, 5.74) is 0. The van der Waals surface area contributed by atoms with Crippen LogP contribution in [0.2, 0.25) is 0 Å². The van der Waals surface area contributed by atoms with Gasteiger partial charge >= 0.3 is 0 Å². The van der Waals surface area contributed by atoms with Gasteiger partial charge < -0.3 is 5.11 Å². The molecule has 0 heterocycles. The number of rotatable bonds is 7. The van der Waals surface area contributed by atoms with Crippen molar-refractivity contribution in [2.45, 2.75) is 78.1 Å². The number of aliphatic hydroxyl groups excluding tert-OH is 1. The van der Waals surface area contributed by atoms with Gasteiger partial charge in [-0.25, -0.2) is 0 Å². The summed E-state index contributed by atoms with van der Waals surface area (Å²) in [6.07, 6.45) is 18.1. The van der Waals surface area contributed by atoms with Gasteiger partial charge in [-0.1, -0.05) is 45.3 Å². The lowest BCUT2D eigenvalue weighted by molar-refractivity contribution is 0.111. The van der Waals surface area contributed by atoms with Crippen molar-refractivity contribution in [3.8, 4) is 0 Å². The third-order valence-electron chi connectivity index (χ3n) is 6.34. The summed E-state index contributed by atoms with van der Waals surface area (Å²) >= 11 is 0. The maximum absolute atomic E-state index is 9.10. The van der Waals surface area contributed by atoms with E-state index >= 15 is 0 Å². The van der Waals surface area contributed by atoms with Crippen LogP contribution in [-0.4, -0.2) is 11.7 Å². The van der Waals surface area contributed by atoms with E-state index in [1.807, 2.05) is 0 Å². The molecule has 1 saturated carbocycles. The van der Waals surface area contributed by atoms with Crippen LogP contribution in [0.4, 0.5) is 0 Å². The summed E-state index contributed by atoms with van der Waals surface area (Å²) in [7, 11) is 0. The van der Waals surface area contributed by atoms with E-state index in [1.165, 1.54) is 57.8 Å². The van der Waals surface area contributed by atoms with E-state index in [0.717, 1.165) is 36.0 Å². The number of aliphatic hydroxyl groups is 1. The fourth-order valence-electron chi connectivity index (χ4n) is 4.78. The minimum Gasteiger partial charge on any atom is -0.396 e. The lowest BCUT2D eigenvalue weighted by Gasteiger charge is -2.40. The summed E-state index contributed by atoms with van der Waals surface area (Å²) in [5.74, 6) is 4.59. The Morgan fingerprint density at radius 3 is 2.38 bits per heavy atom. The Morgan fingerprint density at radius 1 is 1.00 bits per heavy atom. The standard InChI is InChI=1S/C20H36O/c1-16-11-13-19(14-12-16)20(10-6-7-15-21)17(2)18-8-4-3-5-9-18/h3-4,16-21H,5-15H2,1-2H3/t16?,17?,18-,19?,20?/m1/s1. The van der Waals surface area contributed by atoms with Gasteiger partial charge in [-0.3, -0.25) is 0 Å². The molecule has 0 aromatic heterocycles. The molecule has 0 aromatic carbocycles. The van der Waals surface area contributed by atoms with Crippen molar-refractivity contribution in [1.29, 1.82) is 0 Å². The van der Waals surface area contributed by atoms with E-state index < -0.39 is 0 Å². The molecule has 2 aliphatic carbocycles. The third kappa shape index (κ3) is 5.13. The SMILES string of the molecule is CC1CCC(C(CCCCO)C(C)[C@@H]2CC=CCC2)CC1. The van der Waals surface area contributed by atoms with Crippen molar-refractivity contribution in [2.24, 2.45) is 29.6 Å². The van der Waals surface area contributed by atoms with Crippen LogP contribution in [0.1, 0.15) is 78.1 Å². The van der Waals surface area contributed by atoms with E-state index in [1.54, 1.807) is 0 Å². The molecular weight excluding hydrogens is 256 g/mol. The fraction of sp³-hybridized carbons (Fsp3) is 0.900. The highest BCUT2D eigenvalue weighted by molar-refractivity contribution is 4.93. The average Bonchev–Trinajstić information content (AvgIpc) is 2.53. The Morgan fingerprint density at radius 2 is 1.76 bits per heavy atom. The first-order valence-corrected chi connectivity index (χ1v) is 9.48. The van der Waals surface area contributed by atoms with Crippen molar-refractivity contribution in [3.05, 3.63) is 12.2 Å². The zero-order valence-corrected chi connectivity index (χ0v) is 14.3. The molecule has 2 aliphatic rings. The van der Waals surface area contributed by atoms with Gasteiger partial charge in [0.1, 0.15) is 0 Å². The Balaban J connectivity index is 1.94. The van der Waals surface area contributed by atoms with Crippen molar-refractivity contribution in [2.75, 3.05) is 6.61 Å². The molecule has 21 heavy (non-hydrogen) atoms. The van der Waals surface area contributed by atoms with Gasteiger partial charge in [0, 0.05) is 6.61 Å². The fourth-order valence-corrected chi connectivity index (χ4v) is 4.78. The normalized spacial score (nSPS) is 32.8. The smallest absolute Gasteiger partial charge is 0.0431 e. The van der Waals surface area contributed by atoms with E-state index in [9.17, 15) is 0 Å². The Bertz CT molecular complexity index is 301. The third-order valence-corrected chi connectivity index (χ3v) is 6.34. The van der Waals surface area contributed by atoms with E-state index in [0.29, 0.717) is 6.61 Å². The molecular formula is C20H36O. The van der Waals surface area contributed by atoms with E-state index in [4.69, 9.17) is 5.11 Å². The monoisotopic (exact) mass is 292 g/mol. The maximum atomic E-state index is 9.10. The number of allylic oxidation sites excluding steroid dienone is 2. The molecule has 0 radical (unpaired) electrons. The van der Waals surface area contributed by atoms with Crippen LogP contribution in [0.3, 0.4) is 0 Å². The van der Waals surface area contributed by atoms with Gasteiger partial charge in [-0.2, -0.15) is 0 Å². The number of hydrogen-bond donors (Lipinski definition) is 1. The minimum absolute atomic E-state index is 0.370. The van der Waals surface area contributed by atoms with Crippen LogP contribution in [-0.2, 0) is 0 Å². The highest BCUT2D eigenvalue weighted by Crippen LogP contribution is 2.43. The topological polar surface area (TPSA) is 20.2 Å². The Kier molecular flexibility index (Phi) is 7.29. The lowest BCUT2D eigenvalue weighted by Crippen LogP contribution is -2.30. The first-order valence-electron chi connectivity index (χ1n) is 9.48. The predicted octanol–water partition coefficient (Wildman–Crippen LogP) is 5.58. The lowest BCUT2D eigenvalue weighted by atomic mass is 9.66. The van der Waals surface area contributed by atoms with Crippen molar-refractivity contribution in [3.63, 3.8) is 0 Å². The largest absolute Gasteiger partial charge is 0.396 e. The molecule has 1 heteroatoms. The molecule has 0 bridgehead atoms. The van der Waals surface area contributed by atoms with Crippen LogP contribution in [0, 0.1) is 29.6 Å². The molecule has 0 aliphatic heterocycles. The second-order valence-electron chi connectivity index (χ2n) is 7.81. The molecule has 1 N–H and O–H groups in total. The molecule has 2 rings (SSSR count). The van der Waals surface area contributed by atoms with Gasteiger partial charge in [-0.05, 0) is 74.5 Å². The van der Waals surface area contributed by atoms with Gasteiger partial charge in [0.05, 0.1) is 0 Å². The quantitative estimate of drug-likeness (QED) is 0.479. The Labute approximate surface area is 132 Å². The first-order chi connectivity index (χ1) is 10.2. The van der Waals surface area contributed by atoms with Crippen molar-refractivity contribution >= 4 is 0 Å². The second-order valence-corrected chi connectivity index (χ2v) is 7.81. The van der Waals surface area contributed by atoms with Crippen molar-refractivity contribution < 1.29 is 5.11 Å². The molecule has 2 unspecified atom stereocenters. The molecule has 1 fully saturated rings. The van der Waals surface area contributed by atoms with Gasteiger partial charge in [-0.15, -0.1) is 0 Å². The van der Waals surface area contributed by atoms with E-state index in [2.05, 4.69) is 26.0 Å². The summed E-state index contributed by atoms with van der Waals surface area (Å²) in [6, 6.07) is 0. The Hall–Kier alpha value is -0.300. The van der Waals surface area contributed by atoms with E-state index in [-0.39, 0.29) is 0 Å². The van der Waals surface area contributed by atoms with Gasteiger partial charge in [0.25, 0.3) is 0 Å². The number of hydrogen-bond acceptors (Lipinski definition) is 1. The molecule has 3 atom stereocenters. The van der Waals surface area contributed by atoms with Crippen LogP contribution in [0.5, 0.6) is 0 Å². The summed E-state index contributed by atoms with van der Waals surface area (Å²) in [5, 5.41) is 9.10. The molecule has 122 valence electrons. The summed E-state index contributed by atoms with van der Waals surface area (Å²) < 4.78 is 0. The summed E-state index contributed by atoms with van der Waals surface area (Å²) in [4.78, 5) is 0. The molecule has 0 spiro atoms. The van der Waals surface area contributed by atoms with Crippen LogP contribution < -0.4 is 0 Å². The predicted molar refractivity (Wildman–Crippen MR) is 91.2 cm³/mol. The second kappa shape index (κ2) is 8.98. The first kappa shape index (κ1) is 17.1. The zero-order chi connectivity index (χ0) is 15.1. The molecule has 0 aromatic rings. The maximum Gasteiger partial charge on any atom is 0.0431 e. The number of unbranched alkanes of at least 4 members (excludes halogenated alkanes) is 1. The zero-order valence-electron chi connectivity index (χ0n) is 14.3. The average molecular weight is 293 g/mol. The summed E-state index contributed by atoms with van der Waals surface area (Å²) in [6.45, 7) is 5.33. The highest BCUT2D eigenvalue weighted by atomic mass is 16.2. The van der Waals surface area contributed by atoms with Crippen molar-refractivity contribution in [1.82, 2.24) is 0 Å². The highest BCUT2D eigenvalue weighted by Gasteiger charge is 2.33. The van der Waals surface area contributed by atoms with Crippen LogP contribution in [0.25, 0.3) is 0 Å². The molecule has 0 amide bonds. The molecule has 0 saturated heterocycles. The van der Waals surface area contributed by atoms with Crippen LogP contribution in [0.15, 0.2) is 12.2 Å². The van der Waals surface area contributed by atoms with Gasteiger partial charge in [0.2, 0.25) is 0 Å². The molecule has 1 nitrogen and oxygen atoms in total. The van der Waals surface area contributed by atoms with Crippen LogP contribution >= 0.6 is 0 Å².